The Morgan fingerprint density at radius 3 is 2.13 bits per heavy atom. The highest BCUT2D eigenvalue weighted by molar-refractivity contribution is 6.05. The average Bonchev–Trinajstić information content (AvgIpc) is 3.89. The maximum absolute atomic E-state index is 14.3. The first-order chi connectivity index (χ1) is 22.5. The Labute approximate surface area is 263 Å². The fourth-order valence-corrected chi connectivity index (χ4v) is 5.73. The molecule has 0 bridgehead atoms. The standard InChI is InChI=1S/C34H31F2N7O3/c35-29-7-4-21(16-30(29)36)27-15-23(5-8-31(27)45-25-10-12-37-18-25)34(44)39-24-6-9-32(46-26-11-13-38-19-26)28(17-24)20-2-1-3-22(14-20)33-40-42-43-41-33/h1-9,14-17,25-26,37-38H,10-13,18-19H2,(H,39,44)(H,40,41,42,43)/t25-,26-/m0/s1. The summed E-state index contributed by atoms with van der Waals surface area (Å²) < 4.78 is 40.6. The van der Waals surface area contributed by atoms with Crippen LogP contribution in [0.15, 0.2) is 78.9 Å². The van der Waals surface area contributed by atoms with Crippen LogP contribution in [0, 0.1) is 11.6 Å². The molecule has 2 atom stereocenters. The van der Waals surface area contributed by atoms with Crippen LogP contribution in [-0.4, -0.2) is 64.9 Å². The van der Waals surface area contributed by atoms with Gasteiger partial charge in [0.2, 0.25) is 5.82 Å². The van der Waals surface area contributed by atoms with Crippen molar-refractivity contribution in [2.75, 3.05) is 31.5 Å². The molecule has 2 saturated heterocycles. The van der Waals surface area contributed by atoms with Crippen LogP contribution in [0.4, 0.5) is 14.5 Å². The van der Waals surface area contributed by atoms with Gasteiger partial charge in [0, 0.05) is 41.0 Å². The van der Waals surface area contributed by atoms with Gasteiger partial charge in [-0.25, -0.2) is 8.78 Å². The summed E-state index contributed by atoms with van der Waals surface area (Å²) in [7, 11) is 0. The Hall–Kier alpha value is -5.20. The molecule has 234 valence electrons. The Balaban J connectivity index is 1.20. The summed E-state index contributed by atoms with van der Waals surface area (Å²) in [5, 5.41) is 23.9. The molecule has 0 spiro atoms. The summed E-state index contributed by atoms with van der Waals surface area (Å²) in [6, 6.07) is 21.9. The molecule has 0 aliphatic carbocycles. The molecule has 0 unspecified atom stereocenters. The zero-order valence-corrected chi connectivity index (χ0v) is 24.7. The van der Waals surface area contributed by atoms with E-state index in [0.29, 0.717) is 46.2 Å². The molecule has 0 saturated carbocycles. The van der Waals surface area contributed by atoms with Crippen molar-refractivity contribution in [3.05, 3.63) is 96.1 Å². The molecule has 7 rings (SSSR count). The summed E-state index contributed by atoms with van der Waals surface area (Å²) in [5.74, 6) is -0.674. The van der Waals surface area contributed by atoms with E-state index in [4.69, 9.17) is 9.47 Å². The number of hydrogen-bond donors (Lipinski definition) is 4. The third-order valence-electron chi connectivity index (χ3n) is 8.10. The van der Waals surface area contributed by atoms with E-state index in [1.54, 1.807) is 24.3 Å². The number of carbonyl (C=O) groups excluding carboxylic acids is 1. The zero-order valence-electron chi connectivity index (χ0n) is 24.7. The number of carbonyl (C=O) groups is 1. The van der Waals surface area contributed by atoms with Gasteiger partial charge in [0.25, 0.3) is 5.91 Å². The van der Waals surface area contributed by atoms with E-state index < -0.39 is 11.6 Å². The number of tetrazole rings is 1. The number of halogens is 2. The van der Waals surface area contributed by atoms with Crippen molar-refractivity contribution in [3.8, 4) is 45.1 Å². The molecular formula is C34H31F2N7O3. The number of nitrogens with zero attached hydrogens (tertiary/aromatic N) is 3. The minimum Gasteiger partial charge on any atom is -0.488 e. The number of aromatic nitrogens is 4. The van der Waals surface area contributed by atoms with Crippen LogP contribution in [0.2, 0.25) is 0 Å². The van der Waals surface area contributed by atoms with Crippen molar-refractivity contribution in [3.63, 3.8) is 0 Å². The molecular weight excluding hydrogens is 592 g/mol. The lowest BCUT2D eigenvalue weighted by atomic mass is 10.00. The molecule has 4 aromatic carbocycles. The van der Waals surface area contributed by atoms with Crippen LogP contribution in [-0.2, 0) is 0 Å². The Bertz CT molecular complexity index is 1860. The predicted octanol–water partition coefficient (Wildman–Crippen LogP) is 5.21. The first kappa shape index (κ1) is 29.5. The maximum Gasteiger partial charge on any atom is 0.255 e. The van der Waals surface area contributed by atoms with Crippen LogP contribution >= 0.6 is 0 Å². The largest absolute Gasteiger partial charge is 0.488 e. The number of anilines is 1. The van der Waals surface area contributed by atoms with Crippen LogP contribution in [0.3, 0.4) is 0 Å². The number of H-pyrrole nitrogens is 1. The van der Waals surface area contributed by atoms with Gasteiger partial charge < -0.3 is 25.4 Å². The zero-order chi connectivity index (χ0) is 31.5. The summed E-state index contributed by atoms with van der Waals surface area (Å²) >= 11 is 0. The van der Waals surface area contributed by atoms with Crippen LogP contribution in [0.25, 0.3) is 33.6 Å². The van der Waals surface area contributed by atoms with Gasteiger partial charge in [-0.3, -0.25) is 4.79 Å². The predicted molar refractivity (Wildman–Crippen MR) is 169 cm³/mol. The topological polar surface area (TPSA) is 126 Å². The van der Waals surface area contributed by atoms with Gasteiger partial charge in [0.15, 0.2) is 11.6 Å². The molecule has 12 heteroatoms. The van der Waals surface area contributed by atoms with E-state index in [2.05, 4.69) is 36.6 Å². The van der Waals surface area contributed by atoms with Gasteiger partial charge in [-0.05, 0) is 96.9 Å². The average molecular weight is 624 g/mol. The summed E-state index contributed by atoms with van der Waals surface area (Å²) in [6.45, 7) is 3.14. The highest BCUT2D eigenvalue weighted by Crippen LogP contribution is 2.37. The van der Waals surface area contributed by atoms with Gasteiger partial charge >= 0.3 is 0 Å². The maximum atomic E-state index is 14.3. The second-order valence-corrected chi connectivity index (χ2v) is 11.3. The van der Waals surface area contributed by atoms with Gasteiger partial charge in [-0.1, -0.05) is 24.3 Å². The molecule has 1 amide bonds. The normalized spacial score (nSPS) is 17.6. The summed E-state index contributed by atoms with van der Waals surface area (Å²) in [4.78, 5) is 13.6. The minimum atomic E-state index is -0.979. The fraction of sp³-hybridized carbons (Fsp3) is 0.235. The monoisotopic (exact) mass is 623 g/mol. The number of benzene rings is 4. The second kappa shape index (κ2) is 13.0. The highest BCUT2D eigenvalue weighted by Gasteiger charge is 2.22. The number of aromatic amines is 1. The number of rotatable bonds is 9. The molecule has 2 aliphatic rings. The molecule has 0 radical (unpaired) electrons. The number of hydrogen-bond acceptors (Lipinski definition) is 8. The van der Waals surface area contributed by atoms with Crippen LogP contribution in [0.1, 0.15) is 23.2 Å². The summed E-state index contributed by atoms with van der Waals surface area (Å²) in [6.07, 6.45) is 1.66. The van der Waals surface area contributed by atoms with Gasteiger partial charge in [-0.15, -0.1) is 10.2 Å². The Morgan fingerprint density at radius 1 is 0.761 bits per heavy atom. The van der Waals surface area contributed by atoms with Gasteiger partial charge in [0.05, 0.1) is 0 Å². The SMILES string of the molecule is O=C(Nc1ccc(O[C@H]2CCNC2)c(-c2cccc(-c3nn[nH]n3)c2)c1)c1ccc(O[C@H]2CCNC2)c(-c2ccc(F)c(F)c2)c1. The lowest BCUT2D eigenvalue weighted by Gasteiger charge is -2.19. The first-order valence-electron chi connectivity index (χ1n) is 15.1. The Kier molecular flexibility index (Phi) is 8.36. The molecule has 10 nitrogen and oxygen atoms in total. The third-order valence-corrected chi connectivity index (χ3v) is 8.10. The molecule has 2 aliphatic heterocycles. The number of ether oxygens (including phenoxy) is 2. The smallest absolute Gasteiger partial charge is 0.255 e. The molecule has 4 N–H and O–H groups in total. The van der Waals surface area contributed by atoms with Gasteiger partial charge in [0.1, 0.15) is 23.7 Å². The number of nitrogens with one attached hydrogen (secondary N) is 4. The highest BCUT2D eigenvalue weighted by atomic mass is 19.2. The molecule has 46 heavy (non-hydrogen) atoms. The van der Waals surface area contributed by atoms with E-state index in [9.17, 15) is 13.6 Å². The Morgan fingerprint density at radius 2 is 1.46 bits per heavy atom. The lowest BCUT2D eigenvalue weighted by Crippen LogP contribution is -2.20. The van der Waals surface area contributed by atoms with E-state index in [1.165, 1.54) is 6.07 Å². The van der Waals surface area contributed by atoms with Crippen molar-refractivity contribution in [1.29, 1.82) is 0 Å². The van der Waals surface area contributed by atoms with Crippen molar-refractivity contribution < 1.29 is 23.0 Å². The second-order valence-electron chi connectivity index (χ2n) is 11.3. The third kappa shape index (κ3) is 6.44. The van der Waals surface area contributed by atoms with Crippen LogP contribution in [0.5, 0.6) is 11.5 Å². The summed E-state index contributed by atoms with van der Waals surface area (Å²) in [5.41, 5.74) is 4.18. The fourth-order valence-electron chi connectivity index (χ4n) is 5.73. The molecule has 1 aromatic heterocycles. The van der Waals surface area contributed by atoms with E-state index >= 15 is 0 Å². The van der Waals surface area contributed by atoms with Crippen molar-refractivity contribution in [2.24, 2.45) is 0 Å². The van der Waals surface area contributed by atoms with E-state index in [0.717, 1.165) is 61.3 Å². The van der Waals surface area contributed by atoms with E-state index in [-0.39, 0.29) is 18.1 Å². The minimum absolute atomic E-state index is 0.0232. The van der Waals surface area contributed by atoms with Gasteiger partial charge in [-0.2, -0.15) is 5.21 Å². The van der Waals surface area contributed by atoms with Crippen molar-refractivity contribution in [1.82, 2.24) is 31.3 Å². The van der Waals surface area contributed by atoms with E-state index in [1.807, 2.05) is 36.4 Å². The molecule has 3 heterocycles. The van der Waals surface area contributed by atoms with Crippen molar-refractivity contribution in [2.45, 2.75) is 25.0 Å². The molecule has 2 fully saturated rings. The van der Waals surface area contributed by atoms with Crippen LogP contribution < -0.4 is 25.4 Å². The first-order valence-corrected chi connectivity index (χ1v) is 15.1. The quantitative estimate of drug-likeness (QED) is 0.176. The molecule has 5 aromatic rings. The van der Waals surface area contributed by atoms with Crippen molar-refractivity contribution >= 4 is 11.6 Å². The number of amides is 1. The lowest BCUT2D eigenvalue weighted by molar-refractivity contribution is 0.102.